The summed E-state index contributed by atoms with van der Waals surface area (Å²) in [4.78, 5) is 10.2. The van der Waals surface area contributed by atoms with Gasteiger partial charge < -0.3 is 10.8 Å². The van der Waals surface area contributed by atoms with Crippen molar-refractivity contribution < 1.29 is 9.90 Å². The molecule has 0 radical (unpaired) electrons. The number of aliphatic carboxylic acids is 1. The van der Waals surface area contributed by atoms with Gasteiger partial charge >= 0.3 is 5.97 Å². The SMILES string of the molecule is CC(C)CC(=CC(=O)O)CN. The van der Waals surface area contributed by atoms with E-state index in [1.165, 1.54) is 6.08 Å². The molecule has 0 unspecified atom stereocenters. The molecule has 11 heavy (non-hydrogen) atoms. The van der Waals surface area contributed by atoms with Crippen molar-refractivity contribution in [1.82, 2.24) is 0 Å². The molecule has 3 heteroatoms. The first-order chi connectivity index (χ1) is 5.06. The highest BCUT2D eigenvalue weighted by Crippen LogP contribution is 2.08. The molecule has 0 aromatic heterocycles. The minimum atomic E-state index is -0.911. The zero-order valence-corrected chi connectivity index (χ0v) is 7.00. The summed E-state index contributed by atoms with van der Waals surface area (Å²) < 4.78 is 0. The molecule has 0 aliphatic rings. The van der Waals surface area contributed by atoms with E-state index in [1.54, 1.807) is 0 Å². The third-order valence-electron chi connectivity index (χ3n) is 1.26. The van der Waals surface area contributed by atoms with Crippen molar-refractivity contribution in [3.63, 3.8) is 0 Å². The van der Waals surface area contributed by atoms with Crippen LogP contribution in [0.3, 0.4) is 0 Å². The average molecular weight is 157 g/mol. The topological polar surface area (TPSA) is 63.3 Å². The third kappa shape index (κ3) is 5.61. The van der Waals surface area contributed by atoms with Crippen LogP contribution in [-0.4, -0.2) is 17.6 Å². The second-order valence-electron chi connectivity index (χ2n) is 2.94. The highest BCUT2D eigenvalue weighted by molar-refractivity contribution is 5.80. The van der Waals surface area contributed by atoms with Crippen LogP contribution >= 0.6 is 0 Å². The largest absolute Gasteiger partial charge is 0.478 e. The molecule has 0 atom stereocenters. The number of carboxylic acid groups (broad SMARTS) is 1. The lowest BCUT2D eigenvalue weighted by Gasteiger charge is -2.05. The Morgan fingerprint density at radius 3 is 2.45 bits per heavy atom. The van der Waals surface area contributed by atoms with Crippen molar-refractivity contribution in [2.24, 2.45) is 11.7 Å². The monoisotopic (exact) mass is 157 g/mol. The zero-order chi connectivity index (χ0) is 8.85. The van der Waals surface area contributed by atoms with Crippen molar-refractivity contribution in [2.45, 2.75) is 20.3 Å². The number of carboxylic acids is 1. The van der Waals surface area contributed by atoms with Crippen molar-refractivity contribution in [2.75, 3.05) is 6.54 Å². The van der Waals surface area contributed by atoms with Crippen LogP contribution in [0.1, 0.15) is 20.3 Å². The normalized spacial score (nSPS) is 12.2. The first-order valence-corrected chi connectivity index (χ1v) is 3.68. The van der Waals surface area contributed by atoms with E-state index in [0.717, 1.165) is 12.0 Å². The standard InChI is InChI=1S/C8H15NO2/c1-6(2)3-7(5-9)4-8(10)11/h4,6H,3,5,9H2,1-2H3,(H,10,11). The fourth-order valence-electron chi connectivity index (χ4n) is 0.900. The molecular formula is C8H15NO2. The summed E-state index contributed by atoms with van der Waals surface area (Å²) in [6, 6.07) is 0. The molecule has 0 aromatic carbocycles. The fourth-order valence-corrected chi connectivity index (χ4v) is 0.900. The lowest BCUT2D eigenvalue weighted by Crippen LogP contribution is -2.07. The quantitative estimate of drug-likeness (QED) is 0.598. The Labute approximate surface area is 66.9 Å². The first-order valence-electron chi connectivity index (χ1n) is 3.68. The molecule has 0 aromatic rings. The van der Waals surface area contributed by atoms with Crippen LogP contribution < -0.4 is 5.73 Å². The van der Waals surface area contributed by atoms with E-state index in [9.17, 15) is 4.79 Å². The van der Waals surface area contributed by atoms with Crippen LogP contribution in [0.4, 0.5) is 0 Å². The van der Waals surface area contributed by atoms with Gasteiger partial charge in [0.1, 0.15) is 0 Å². The minimum Gasteiger partial charge on any atom is -0.478 e. The first kappa shape index (κ1) is 10.2. The van der Waals surface area contributed by atoms with Gasteiger partial charge in [0.15, 0.2) is 0 Å². The smallest absolute Gasteiger partial charge is 0.328 e. The maximum atomic E-state index is 10.2. The van der Waals surface area contributed by atoms with E-state index in [0.29, 0.717) is 12.5 Å². The number of nitrogens with two attached hydrogens (primary N) is 1. The van der Waals surface area contributed by atoms with Gasteiger partial charge in [0.2, 0.25) is 0 Å². The molecule has 0 bridgehead atoms. The van der Waals surface area contributed by atoms with Crippen LogP contribution in [0.2, 0.25) is 0 Å². The Morgan fingerprint density at radius 1 is 1.64 bits per heavy atom. The van der Waals surface area contributed by atoms with E-state index < -0.39 is 5.97 Å². The van der Waals surface area contributed by atoms with Crippen LogP contribution in [0.15, 0.2) is 11.6 Å². The Hall–Kier alpha value is -0.830. The van der Waals surface area contributed by atoms with Gasteiger partial charge in [-0.1, -0.05) is 13.8 Å². The second kappa shape index (κ2) is 4.91. The molecule has 0 heterocycles. The number of hydrogen-bond acceptors (Lipinski definition) is 2. The van der Waals surface area contributed by atoms with Crippen LogP contribution in [0.5, 0.6) is 0 Å². The fraction of sp³-hybridized carbons (Fsp3) is 0.625. The van der Waals surface area contributed by atoms with Crippen LogP contribution in [0.25, 0.3) is 0 Å². The highest BCUT2D eigenvalue weighted by atomic mass is 16.4. The van der Waals surface area contributed by atoms with Crippen LogP contribution in [0, 0.1) is 5.92 Å². The van der Waals surface area contributed by atoms with Gasteiger partial charge in [-0.2, -0.15) is 0 Å². The predicted octanol–water partition coefficient (Wildman–Crippen LogP) is 1.00. The maximum absolute atomic E-state index is 10.2. The minimum absolute atomic E-state index is 0.338. The lowest BCUT2D eigenvalue weighted by molar-refractivity contribution is -0.131. The van der Waals surface area contributed by atoms with E-state index >= 15 is 0 Å². The van der Waals surface area contributed by atoms with E-state index in [2.05, 4.69) is 0 Å². The van der Waals surface area contributed by atoms with Crippen molar-refractivity contribution in [1.29, 1.82) is 0 Å². The summed E-state index contributed by atoms with van der Waals surface area (Å²) in [6.07, 6.45) is 1.96. The molecule has 0 aliphatic carbocycles. The Morgan fingerprint density at radius 2 is 2.18 bits per heavy atom. The van der Waals surface area contributed by atoms with Gasteiger partial charge in [0.25, 0.3) is 0 Å². The Bertz CT molecular complexity index is 161. The van der Waals surface area contributed by atoms with Crippen LogP contribution in [-0.2, 0) is 4.79 Å². The van der Waals surface area contributed by atoms with Gasteiger partial charge in [-0.15, -0.1) is 0 Å². The van der Waals surface area contributed by atoms with E-state index in [-0.39, 0.29) is 0 Å². The van der Waals surface area contributed by atoms with Crippen molar-refractivity contribution in [3.8, 4) is 0 Å². The van der Waals surface area contributed by atoms with Gasteiger partial charge in [-0.25, -0.2) is 4.79 Å². The molecule has 0 spiro atoms. The van der Waals surface area contributed by atoms with Crippen molar-refractivity contribution >= 4 is 5.97 Å². The highest BCUT2D eigenvalue weighted by Gasteiger charge is 2.00. The molecular weight excluding hydrogens is 142 g/mol. The van der Waals surface area contributed by atoms with Crippen molar-refractivity contribution in [3.05, 3.63) is 11.6 Å². The lowest BCUT2D eigenvalue weighted by atomic mass is 10.0. The second-order valence-corrected chi connectivity index (χ2v) is 2.94. The summed E-state index contributed by atoms with van der Waals surface area (Å²) in [6.45, 7) is 4.40. The van der Waals surface area contributed by atoms with Gasteiger partial charge in [0, 0.05) is 12.6 Å². The Kier molecular flexibility index (Phi) is 4.54. The third-order valence-corrected chi connectivity index (χ3v) is 1.26. The molecule has 3 nitrogen and oxygen atoms in total. The molecule has 0 saturated carbocycles. The van der Waals surface area contributed by atoms with Gasteiger partial charge in [0.05, 0.1) is 0 Å². The van der Waals surface area contributed by atoms with E-state index in [1.807, 2.05) is 13.8 Å². The maximum Gasteiger partial charge on any atom is 0.328 e. The summed E-state index contributed by atoms with van der Waals surface area (Å²) in [7, 11) is 0. The summed E-state index contributed by atoms with van der Waals surface area (Å²) >= 11 is 0. The molecule has 0 aliphatic heterocycles. The number of hydrogen-bond donors (Lipinski definition) is 2. The molecule has 0 saturated heterocycles. The predicted molar refractivity (Wildman–Crippen MR) is 44.2 cm³/mol. The number of carbonyl (C=O) groups is 1. The molecule has 0 amide bonds. The average Bonchev–Trinajstić information content (AvgIpc) is 1.84. The summed E-state index contributed by atoms with van der Waals surface area (Å²) in [5.74, 6) is -0.449. The zero-order valence-electron chi connectivity index (χ0n) is 7.00. The Balaban J connectivity index is 4.05. The molecule has 64 valence electrons. The summed E-state index contributed by atoms with van der Waals surface area (Å²) in [5, 5.41) is 8.40. The summed E-state index contributed by atoms with van der Waals surface area (Å²) in [5.41, 5.74) is 6.14. The van der Waals surface area contributed by atoms with Gasteiger partial charge in [-0.3, -0.25) is 0 Å². The molecule has 0 rings (SSSR count). The van der Waals surface area contributed by atoms with Gasteiger partial charge in [-0.05, 0) is 17.9 Å². The molecule has 0 fully saturated rings. The van der Waals surface area contributed by atoms with E-state index in [4.69, 9.17) is 10.8 Å². The molecule has 3 N–H and O–H groups in total. The number of rotatable bonds is 4.